The summed E-state index contributed by atoms with van der Waals surface area (Å²) in [6.07, 6.45) is 2.20. The third kappa shape index (κ3) is 5.96. The number of carbonyl (C=O) groups is 1. The van der Waals surface area contributed by atoms with Crippen molar-refractivity contribution in [3.63, 3.8) is 0 Å². The molecule has 8 heteroatoms. The average Bonchev–Trinajstić information content (AvgIpc) is 2.50. The average molecular weight is 383 g/mol. The van der Waals surface area contributed by atoms with Crippen LogP contribution in [0.4, 0.5) is 5.69 Å². The molecule has 0 unspecified atom stereocenters. The van der Waals surface area contributed by atoms with Gasteiger partial charge in [-0.05, 0) is 71.3 Å². The quantitative estimate of drug-likeness (QED) is 0.668. The van der Waals surface area contributed by atoms with Gasteiger partial charge in [0.2, 0.25) is 10.0 Å². The fraction of sp³-hybridized carbons (Fsp3) is 0.611. The van der Waals surface area contributed by atoms with E-state index in [0.29, 0.717) is 12.5 Å². The largest absolute Gasteiger partial charge is 0.399 e. The number of piperidine rings is 1. The summed E-state index contributed by atoms with van der Waals surface area (Å²) in [5.74, 6) is 0.0993. The van der Waals surface area contributed by atoms with Crippen LogP contribution in [0.1, 0.15) is 44.0 Å². The van der Waals surface area contributed by atoms with E-state index in [9.17, 15) is 13.2 Å². The number of nitrogen functional groups attached to an aromatic ring is 1. The number of hydrogen-bond acceptors (Lipinski definition) is 5. The highest BCUT2D eigenvalue weighted by Crippen LogP contribution is 2.19. The molecule has 1 aromatic rings. The topological polar surface area (TPSA) is 105 Å². The van der Waals surface area contributed by atoms with Crippen LogP contribution in [-0.4, -0.2) is 51.4 Å². The van der Waals surface area contributed by atoms with Crippen molar-refractivity contribution in [2.75, 3.05) is 32.4 Å². The van der Waals surface area contributed by atoms with Crippen molar-refractivity contribution in [1.29, 1.82) is 0 Å². The van der Waals surface area contributed by atoms with Gasteiger partial charge in [0.05, 0.1) is 4.90 Å². The Balaban J connectivity index is 2.12. The van der Waals surface area contributed by atoms with Crippen LogP contribution in [0.25, 0.3) is 0 Å². The number of nitrogens with one attached hydrogen (secondary N) is 2. The van der Waals surface area contributed by atoms with E-state index in [1.165, 1.54) is 18.2 Å². The number of hydrogen-bond donors (Lipinski definition) is 3. The third-order valence-corrected chi connectivity index (χ3v) is 5.95. The lowest BCUT2D eigenvalue weighted by Crippen LogP contribution is -2.40. The highest BCUT2D eigenvalue weighted by atomic mass is 32.2. The minimum Gasteiger partial charge on any atom is -0.399 e. The molecule has 146 valence electrons. The lowest BCUT2D eigenvalue weighted by molar-refractivity contribution is 0.0936. The second-order valence-corrected chi connectivity index (χ2v) is 9.81. The molecular weight excluding hydrogens is 352 g/mol. The van der Waals surface area contributed by atoms with Gasteiger partial charge in [-0.3, -0.25) is 4.79 Å². The van der Waals surface area contributed by atoms with Crippen LogP contribution < -0.4 is 15.8 Å². The molecule has 1 saturated heterocycles. The molecule has 0 aliphatic carbocycles. The van der Waals surface area contributed by atoms with Crippen LogP contribution in [-0.2, 0) is 10.0 Å². The number of rotatable bonds is 5. The summed E-state index contributed by atoms with van der Waals surface area (Å²) in [6.45, 7) is 7.87. The van der Waals surface area contributed by atoms with Gasteiger partial charge < -0.3 is 16.0 Å². The molecule has 1 amide bonds. The van der Waals surface area contributed by atoms with E-state index < -0.39 is 15.6 Å². The number of amides is 1. The monoisotopic (exact) mass is 382 g/mol. The fourth-order valence-corrected chi connectivity index (χ4v) is 4.65. The Hall–Kier alpha value is -1.64. The second-order valence-electron chi connectivity index (χ2n) is 8.13. The Morgan fingerprint density at radius 2 is 2.00 bits per heavy atom. The van der Waals surface area contributed by atoms with Gasteiger partial charge in [-0.15, -0.1) is 0 Å². The molecule has 2 rings (SSSR count). The van der Waals surface area contributed by atoms with E-state index >= 15 is 0 Å². The van der Waals surface area contributed by atoms with Crippen LogP contribution in [0.15, 0.2) is 23.1 Å². The first-order valence-electron chi connectivity index (χ1n) is 8.87. The summed E-state index contributed by atoms with van der Waals surface area (Å²) in [4.78, 5) is 14.7. The molecule has 1 heterocycles. The molecule has 7 nitrogen and oxygen atoms in total. The molecule has 26 heavy (non-hydrogen) atoms. The van der Waals surface area contributed by atoms with Crippen molar-refractivity contribution < 1.29 is 13.2 Å². The van der Waals surface area contributed by atoms with Crippen molar-refractivity contribution in [2.45, 2.75) is 44.0 Å². The van der Waals surface area contributed by atoms with Gasteiger partial charge in [0, 0.05) is 29.9 Å². The molecule has 0 bridgehead atoms. The fourth-order valence-electron chi connectivity index (χ4n) is 3.15. The maximum atomic E-state index is 12.5. The van der Waals surface area contributed by atoms with Gasteiger partial charge >= 0.3 is 0 Å². The molecule has 1 aliphatic heterocycles. The van der Waals surface area contributed by atoms with Gasteiger partial charge in [-0.25, -0.2) is 13.1 Å². The minimum atomic E-state index is -3.76. The summed E-state index contributed by atoms with van der Waals surface area (Å²) in [5.41, 5.74) is 5.70. The molecular formula is C18H30N4O3S. The number of benzene rings is 1. The number of likely N-dealkylation sites (tertiary alicyclic amines) is 1. The van der Waals surface area contributed by atoms with Gasteiger partial charge in [0.25, 0.3) is 5.91 Å². The van der Waals surface area contributed by atoms with Crippen molar-refractivity contribution in [2.24, 2.45) is 5.92 Å². The zero-order chi connectivity index (χ0) is 19.5. The van der Waals surface area contributed by atoms with E-state index in [4.69, 9.17) is 5.73 Å². The summed E-state index contributed by atoms with van der Waals surface area (Å²) >= 11 is 0. The zero-order valence-electron chi connectivity index (χ0n) is 16.0. The summed E-state index contributed by atoms with van der Waals surface area (Å²) in [6, 6.07) is 4.23. The van der Waals surface area contributed by atoms with Crippen molar-refractivity contribution in [3.05, 3.63) is 23.8 Å². The van der Waals surface area contributed by atoms with Crippen molar-refractivity contribution >= 4 is 21.6 Å². The van der Waals surface area contributed by atoms with E-state index in [1.807, 2.05) is 0 Å². The maximum absolute atomic E-state index is 12.5. The SMILES string of the molecule is CN1CCC[C@H](CNC(=O)c2cc(N)cc(S(=O)(=O)NC(C)(C)C)c2)C1. The first kappa shape index (κ1) is 20.7. The molecule has 0 aromatic heterocycles. The number of sulfonamides is 1. The van der Waals surface area contributed by atoms with Crippen LogP contribution in [0, 0.1) is 5.92 Å². The second kappa shape index (κ2) is 7.94. The first-order valence-corrected chi connectivity index (χ1v) is 10.4. The summed E-state index contributed by atoms with van der Waals surface area (Å²) < 4.78 is 27.6. The first-order chi connectivity index (χ1) is 12.0. The van der Waals surface area contributed by atoms with E-state index in [0.717, 1.165) is 25.9 Å². The molecule has 1 aromatic carbocycles. The summed E-state index contributed by atoms with van der Waals surface area (Å²) in [7, 11) is -1.68. The predicted molar refractivity (Wildman–Crippen MR) is 103 cm³/mol. The normalized spacial score (nSPS) is 19.3. The van der Waals surface area contributed by atoms with Crippen molar-refractivity contribution in [1.82, 2.24) is 14.9 Å². The number of nitrogens with two attached hydrogens (primary N) is 1. The Bertz CT molecular complexity index is 756. The van der Waals surface area contributed by atoms with E-state index in [2.05, 4.69) is 22.0 Å². The Labute approximate surface area is 156 Å². The van der Waals surface area contributed by atoms with Gasteiger partial charge in [-0.1, -0.05) is 0 Å². The summed E-state index contributed by atoms with van der Waals surface area (Å²) in [5, 5.41) is 2.91. The van der Waals surface area contributed by atoms with Crippen LogP contribution in [0.5, 0.6) is 0 Å². The van der Waals surface area contributed by atoms with Crippen LogP contribution in [0.2, 0.25) is 0 Å². The number of carbonyl (C=O) groups excluding carboxylic acids is 1. The smallest absolute Gasteiger partial charge is 0.251 e. The standard InChI is InChI=1S/C18H30N4O3S/c1-18(2,3)21-26(24,25)16-9-14(8-15(19)10-16)17(23)20-11-13-6-5-7-22(4)12-13/h8-10,13,21H,5-7,11-12,19H2,1-4H3,(H,20,23)/t13-/m1/s1. The maximum Gasteiger partial charge on any atom is 0.251 e. The van der Waals surface area contributed by atoms with Crippen LogP contribution >= 0.6 is 0 Å². The molecule has 1 atom stereocenters. The van der Waals surface area contributed by atoms with Gasteiger partial charge in [-0.2, -0.15) is 0 Å². The van der Waals surface area contributed by atoms with Crippen LogP contribution in [0.3, 0.4) is 0 Å². The predicted octanol–water partition coefficient (Wildman–Crippen LogP) is 1.42. The molecule has 4 N–H and O–H groups in total. The lowest BCUT2D eigenvalue weighted by Gasteiger charge is -2.29. The Morgan fingerprint density at radius 1 is 1.31 bits per heavy atom. The Morgan fingerprint density at radius 3 is 2.62 bits per heavy atom. The highest BCUT2D eigenvalue weighted by Gasteiger charge is 2.24. The molecule has 0 radical (unpaired) electrons. The lowest BCUT2D eigenvalue weighted by atomic mass is 9.98. The Kier molecular flexibility index (Phi) is 6.31. The van der Waals surface area contributed by atoms with E-state index in [-0.39, 0.29) is 22.1 Å². The minimum absolute atomic E-state index is 0.00465. The third-order valence-electron chi connectivity index (χ3n) is 4.22. The molecule has 1 fully saturated rings. The van der Waals surface area contributed by atoms with Crippen molar-refractivity contribution in [3.8, 4) is 0 Å². The highest BCUT2D eigenvalue weighted by molar-refractivity contribution is 7.89. The molecule has 0 saturated carbocycles. The van der Waals surface area contributed by atoms with Gasteiger partial charge in [0.1, 0.15) is 0 Å². The molecule has 0 spiro atoms. The number of anilines is 1. The van der Waals surface area contributed by atoms with Gasteiger partial charge in [0.15, 0.2) is 0 Å². The zero-order valence-corrected chi connectivity index (χ0v) is 16.8. The van der Waals surface area contributed by atoms with E-state index in [1.54, 1.807) is 20.8 Å². The molecule has 1 aliphatic rings. The number of nitrogens with zero attached hydrogens (tertiary/aromatic N) is 1.